The molecule has 0 aliphatic carbocycles. The minimum atomic E-state index is 0.560. The summed E-state index contributed by atoms with van der Waals surface area (Å²) in [6.07, 6.45) is 3.19. The second-order valence-corrected chi connectivity index (χ2v) is 3.98. The van der Waals surface area contributed by atoms with Crippen LogP contribution in [-0.4, -0.2) is 9.97 Å². The Hall–Kier alpha value is -2.66. The summed E-state index contributed by atoms with van der Waals surface area (Å²) in [6, 6.07) is 13.5. The molecule has 2 aromatic heterocycles. The van der Waals surface area contributed by atoms with E-state index < -0.39 is 0 Å². The van der Waals surface area contributed by atoms with Crippen molar-refractivity contribution >= 4 is 5.82 Å². The van der Waals surface area contributed by atoms with Gasteiger partial charge in [0.05, 0.1) is 17.5 Å². The van der Waals surface area contributed by atoms with Gasteiger partial charge in [-0.3, -0.25) is 0 Å². The predicted octanol–water partition coefficient (Wildman–Crippen LogP) is 2.69. The first-order valence-corrected chi connectivity index (χ1v) is 5.80. The zero-order valence-corrected chi connectivity index (χ0v) is 10.1. The van der Waals surface area contributed by atoms with Crippen molar-refractivity contribution in [3.05, 3.63) is 55.0 Å². The number of furan rings is 1. The lowest BCUT2D eigenvalue weighted by atomic mass is 10.1. The molecule has 0 saturated heterocycles. The monoisotopic (exact) mass is 252 g/mol. The summed E-state index contributed by atoms with van der Waals surface area (Å²) in [7, 11) is 0. The van der Waals surface area contributed by atoms with Crippen LogP contribution >= 0.6 is 0 Å². The number of nitrogen functional groups attached to an aromatic ring is 1. The Kier molecular flexibility index (Phi) is 2.96. The highest BCUT2D eigenvalue weighted by Gasteiger charge is 2.08. The fourth-order valence-corrected chi connectivity index (χ4v) is 1.80. The Labute approximate surface area is 110 Å². The highest BCUT2D eigenvalue weighted by molar-refractivity contribution is 5.66. The molecule has 0 spiro atoms. The number of benzene rings is 1. The summed E-state index contributed by atoms with van der Waals surface area (Å²) < 4.78 is 5.06. The van der Waals surface area contributed by atoms with Crippen LogP contribution in [0, 0.1) is 0 Å². The number of anilines is 1. The van der Waals surface area contributed by atoms with Crippen molar-refractivity contribution < 1.29 is 4.42 Å². The van der Waals surface area contributed by atoms with E-state index in [4.69, 9.17) is 10.3 Å². The summed E-state index contributed by atoms with van der Waals surface area (Å²) in [5.41, 5.74) is 5.18. The first-order chi connectivity index (χ1) is 9.36. The van der Waals surface area contributed by atoms with Crippen molar-refractivity contribution in [3.63, 3.8) is 0 Å². The molecule has 0 aliphatic rings. The van der Waals surface area contributed by atoms with Gasteiger partial charge in [0.15, 0.2) is 5.82 Å². The van der Waals surface area contributed by atoms with E-state index >= 15 is 0 Å². The average Bonchev–Trinajstić information content (AvgIpc) is 3.02. The smallest absolute Gasteiger partial charge is 0.165 e. The fourth-order valence-electron chi connectivity index (χ4n) is 1.80. The zero-order valence-electron chi connectivity index (χ0n) is 10.1. The van der Waals surface area contributed by atoms with Crippen LogP contribution in [0.15, 0.2) is 59.4 Å². The van der Waals surface area contributed by atoms with Crippen molar-refractivity contribution in [2.75, 3.05) is 5.43 Å². The lowest BCUT2D eigenvalue weighted by Crippen LogP contribution is -2.09. The van der Waals surface area contributed by atoms with Crippen molar-refractivity contribution in [2.24, 2.45) is 5.84 Å². The zero-order chi connectivity index (χ0) is 13.1. The molecule has 0 saturated carbocycles. The number of nitrogens with one attached hydrogen (secondary N) is 1. The molecule has 5 heteroatoms. The first-order valence-electron chi connectivity index (χ1n) is 5.80. The number of hydrogen-bond donors (Lipinski definition) is 2. The first kappa shape index (κ1) is 11.4. The van der Waals surface area contributed by atoms with Gasteiger partial charge in [0.25, 0.3) is 0 Å². The van der Waals surface area contributed by atoms with E-state index in [1.165, 1.54) is 0 Å². The molecule has 0 unspecified atom stereocenters. The second kappa shape index (κ2) is 4.91. The fraction of sp³-hybridized carbons (Fsp3) is 0. The van der Waals surface area contributed by atoms with E-state index in [-0.39, 0.29) is 0 Å². The summed E-state index contributed by atoms with van der Waals surface area (Å²) >= 11 is 0. The quantitative estimate of drug-likeness (QED) is 0.553. The number of hydrazine groups is 1. The van der Waals surface area contributed by atoms with Crippen molar-refractivity contribution in [1.82, 2.24) is 9.97 Å². The molecule has 0 aliphatic heterocycles. The minimum absolute atomic E-state index is 0.560. The molecule has 94 valence electrons. The molecule has 3 N–H and O–H groups in total. The maximum atomic E-state index is 5.46. The number of nitrogens with zero attached hydrogens (tertiary/aromatic N) is 2. The molecule has 0 amide bonds. The molecule has 19 heavy (non-hydrogen) atoms. The number of hydrogen-bond acceptors (Lipinski definition) is 5. The predicted molar refractivity (Wildman–Crippen MR) is 73.0 cm³/mol. The van der Waals surface area contributed by atoms with Gasteiger partial charge in [0, 0.05) is 11.6 Å². The summed E-state index contributed by atoms with van der Waals surface area (Å²) in [5.74, 6) is 6.59. The van der Waals surface area contributed by atoms with Crippen LogP contribution in [0.1, 0.15) is 0 Å². The molecule has 5 nitrogen and oxygen atoms in total. The molecule has 2 heterocycles. The molecule has 3 aromatic rings. The third-order valence-corrected chi connectivity index (χ3v) is 2.72. The van der Waals surface area contributed by atoms with Crippen molar-refractivity contribution in [2.45, 2.75) is 0 Å². The summed E-state index contributed by atoms with van der Waals surface area (Å²) in [4.78, 5) is 8.84. The van der Waals surface area contributed by atoms with Gasteiger partial charge in [-0.15, -0.1) is 0 Å². The van der Waals surface area contributed by atoms with Gasteiger partial charge >= 0.3 is 0 Å². The molecular weight excluding hydrogens is 240 g/mol. The standard InChI is InChI=1S/C14H12N4O/c15-18-13-8-12(10-4-2-1-3-5-10)16-14(17-13)11-6-7-19-9-11/h1-9H,15H2,(H,16,17,18). The molecule has 0 bridgehead atoms. The van der Waals surface area contributed by atoms with Crippen LogP contribution in [0.25, 0.3) is 22.6 Å². The lowest BCUT2D eigenvalue weighted by Gasteiger charge is -2.06. The highest BCUT2D eigenvalue weighted by atomic mass is 16.3. The van der Waals surface area contributed by atoms with Crippen LogP contribution in [0.2, 0.25) is 0 Å². The molecule has 0 radical (unpaired) electrons. The average molecular weight is 252 g/mol. The van der Waals surface area contributed by atoms with Crippen molar-refractivity contribution in [1.29, 1.82) is 0 Å². The number of nitrogens with two attached hydrogens (primary N) is 1. The second-order valence-electron chi connectivity index (χ2n) is 3.98. The normalized spacial score (nSPS) is 10.4. The number of aromatic nitrogens is 2. The number of rotatable bonds is 3. The summed E-state index contributed by atoms with van der Waals surface area (Å²) in [5, 5.41) is 0. The van der Waals surface area contributed by atoms with Gasteiger partial charge in [0.1, 0.15) is 12.1 Å². The van der Waals surface area contributed by atoms with E-state index in [1.54, 1.807) is 18.6 Å². The van der Waals surface area contributed by atoms with Crippen molar-refractivity contribution in [3.8, 4) is 22.6 Å². The van der Waals surface area contributed by atoms with E-state index in [2.05, 4.69) is 15.4 Å². The van der Waals surface area contributed by atoms with E-state index in [0.29, 0.717) is 11.6 Å². The Bertz CT molecular complexity index is 665. The van der Waals surface area contributed by atoms with Gasteiger partial charge in [-0.1, -0.05) is 30.3 Å². The molecule has 0 atom stereocenters. The Morgan fingerprint density at radius 1 is 1.00 bits per heavy atom. The van der Waals surface area contributed by atoms with E-state index in [0.717, 1.165) is 16.8 Å². The summed E-state index contributed by atoms with van der Waals surface area (Å²) in [6.45, 7) is 0. The van der Waals surface area contributed by atoms with Gasteiger partial charge < -0.3 is 9.84 Å². The maximum Gasteiger partial charge on any atom is 0.165 e. The van der Waals surface area contributed by atoms with Gasteiger partial charge in [-0.2, -0.15) is 0 Å². The van der Waals surface area contributed by atoms with E-state index in [9.17, 15) is 0 Å². The van der Waals surface area contributed by atoms with Gasteiger partial charge in [-0.05, 0) is 6.07 Å². The molecular formula is C14H12N4O. The molecule has 3 rings (SSSR count). The Morgan fingerprint density at radius 2 is 1.84 bits per heavy atom. The maximum absolute atomic E-state index is 5.46. The third kappa shape index (κ3) is 2.31. The minimum Gasteiger partial charge on any atom is -0.472 e. The largest absolute Gasteiger partial charge is 0.472 e. The third-order valence-electron chi connectivity index (χ3n) is 2.72. The van der Waals surface area contributed by atoms with Gasteiger partial charge in [-0.25, -0.2) is 15.8 Å². The highest BCUT2D eigenvalue weighted by Crippen LogP contribution is 2.23. The van der Waals surface area contributed by atoms with Gasteiger partial charge in [0.2, 0.25) is 0 Å². The topological polar surface area (TPSA) is 77.0 Å². The Morgan fingerprint density at radius 3 is 2.53 bits per heavy atom. The van der Waals surface area contributed by atoms with E-state index in [1.807, 2.05) is 36.4 Å². The van der Waals surface area contributed by atoms with Crippen LogP contribution in [0.3, 0.4) is 0 Å². The Balaban J connectivity index is 2.13. The van der Waals surface area contributed by atoms with Crippen LogP contribution in [-0.2, 0) is 0 Å². The SMILES string of the molecule is NNc1cc(-c2ccccc2)nc(-c2ccoc2)n1. The molecule has 0 fully saturated rings. The van der Waals surface area contributed by atoms with Crippen LogP contribution in [0.4, 0.5) is 5.82 Å². The lowest BCUT2D eigenvalue weighted by molar-refractivity contribution is 0.568. The van der Waals surface area contributed by atoms with Crippen LogP contribution < -0.4 is 11.3 Å². The van der Waals surface area contributed by atoms with Crippen LogP contribution in [0.5, 0.6) is 0 Å². The molecule has 1 aromatic carbocycles.